The largest absolute Gasteiger partial charge is 0.463 e. The summed E-state index contributed by atoms with van der Waals surface area (Å²) < 4.78 is 11.9. The number of carbonyl (C=O) groups excluding carboxylic acids is 3. The van der Waals surface area contributed by atoms with Gasteiger partial charge in [0.15, 0.2) is 5.78 Å². The molecule has 5 rings (SSSR count). The van der Waals surface area contributed by atoms with Crippen molar-refractivity contribution in [2.75, 3.05) is 0 Å². The van der Waals surface area contributed by atoms with E-state index in [2.05, 4.69) is 36.7 Å². The third-order valence-electron chi connectivity index (χ3n) is 12.0. The van der Waals surface area contributed by atoms with Crippen molar-refractivity contribution in [3.05, 3.63) is 35.9 Å². The molecule has 4 aliphatic rings. The molecule has 40 heavy (non-hydrogen) atoms. The number of Topliss-reactive ketones (excluding diaryl/α,β-unsaturated/α-hetero) is 1. The Morgan fingerprint density at radius 1 is 0.925 bits per heavy atom. The number of carbonyl (C=O) groups is 3. The van der Waals surface area contributed by atoms with Gasteiger partial charge in [-0.2, -0.15) is 0 Å². The van der Waals surface area contributed by atoms with Crippen molar-refractivity contribution in [1.82, 2.24) is 0 Å². The minimum absolute atomic E-state index is 0.0396. The van der Waals surface area contributed by atoms with Gasteiger partial charge in [0.05, 0.1) is 4.83 Å². The smallest absolute Gasteiger partial charge is 0.302 e. The fourth-order valence-corrected chi connectivity index (χ4v) is 11.1. The Hall–Kier alpha value is -1.69. The third-order valence-corrected chi connectivity index (χ3v) is 12.8. The number of alkyl halides is 1. The normalized spacial score (nSPS) is 40.1. The molecule has 0 radical (unpaired) electrons. The fraction of sp³-hybridized carbons (Fsp3) is 0.735. The first-order chi connectivity index (χ1) is 18.9. The summed E-state index contributed by atoms with van der Waals surface area (Å²) in [5.41, 5.74) is 0.845. The number of halogens is 1. The van der Waals surface area contributed by atoms with Gasteiger partial charge in [0.2, 0.25) is 0 Å². The van der Waals surface area contributed by atoms with Gasteiger partial charge in [0.25, 0.3) is 0 Å². The van der Waals surface area contributed by atoms with Crippen molar-refractivity contribution >= 4 is 33.7 Å². The standard InChI is InChI=1S/C34H47BrO5/c1-20(17-30(35)32(38)23-9-7-6-8-10-23)27-13-14-28-26-12-11-24-18-25(39-21(2)36)15-16-33(24,4)29(26)19-31(34(27,28)5)40-22(3)37/h6-10,20,24-31H,11-19H2,1-5H3/t20-,24-,25-,26-,27+,28-,29-,30+,31+,33-,34+/m0/s1. The Morgan fingerprint density at radius 2 is 1.62 bits per heavy atom. The van der Waals surface area contributed by atoms with Crippen molar-refractivity contribution in [1.29, 1.82) is 0 Å². The number of esters is 2. The van der Waals surface area contributed by atoms with Crippen LogP contribution in [0.2, 0.25) is 0 Å². The number of hydrogen-bond donors (Lipinski definition) is 0. The quantitative estimate of drug-likeness (QED) is 0.178. The Kier molecular flexibility index (Phi) is 8.59. The van der Waals surface area contributed by atoms with Gasteiger partial charge >= 0.3 is 11.9 Å². The van der Waals surface area contributed by atoms with Crippen LogP contribution < -0.4 is 0 Å². The topological polar surface area (TPSA) is 69.7 Å². The van der Waals surface area contributed by atoms with Crippen molar-refractivity contribution in [3.8, 4) is 0 Å². The van der Waals surface area contributed by atoms with E-state index in [0.29, 0.717) is 35.5 Å². The molecule has 0 spiro atoms. The van der Waals surface area contributed by atoms with Crippen LogP contribution in [0.25, 0.3) is 0 Å². The van der Waals surface area contributed by atoms with Crippen molar-refractivity contribution < 1.29 is 23.9 Å². The first-order valence-electron chi connectivity index (χ1n) is 15.5. The Balaban J connectivity index is 1.37. The molecule has 220 valence electrons. The van der Waals surface area contributed by atoms with Gasteiger partial charge in [-0.25, -0.2) is 0 Å². The number of fused-ring (bicyclic) bond motifs is 5. The summed E-state index contributed by atoms with van der Waals surface area (Å²) in [6.07, 6.45) is 9.28. The average Bonchev–Trinajstić information content (AvgIpc) is 3.27. The molecular weight excluding hydrogens is 568 g/mol. The van der Waals surface area contributed by atoms with Crippen LogP contribution in [0.4, 0.5) is 0 Å². The predicted molar refractivity (Wildman–Crippen MR) is 159 cm³/mol. The average molecular weight is 616 g/mol. The predicted octanol–water partition coefficient (Wildman–Crippen LogP) is 7.79. The van der Waals surface area contributed by atoms with E-state index >= 15 is 0 Å². The Labute approximate surface area is 248 Å². The van der Waals surface area contributed by atoms with Gasteiger partial charge in [-0.15, -0.1) is 0 Å². The van der Waals surface area contributed by atoms with Gasteiger partial charge in [0, 0.05) is 24.8 Å². The zero-order valence-corrected chi connectivity index (χ0v) is 26.5. The molecule has 6 heteroatoms. The van der Waals surface area contributed by atoms with Gasteiger partial charge in [-0.3, -0.25) is 14.4 Å². The third kappa shape index (κ3) is 5.31. The summed E-state index contributed by atoms with van der Waals surface area (Å²) in [7, 11) is 0. The van der Waals surface area contributed by atoms with E-state index in [1.807, 2.05) is 30.3 Å². The second kappa shape index (κ2) is 11.5. The maximum atomic E-state index is 13.2. The maximum absolute atomic E-state index is 13.2. The van der Waals surface area contributed by atoms with Gasteiger partial charge in [-0.05, 0) is 98.7 Å². The van der Waals surface area contributed by atoms with Crippen LogP contribution in [0.15, 0.2) is 30.3 Å². The molecule has 0 N–H and O–H groups in total. The number of rotatable bonds is 7. The van der Waals surface area contributed by atoms with Gasteiger partial charge in [0.1, 0.15) is 12.2 Å². The van der Waals surface area contributed by atoms with Crippen LogP contribution in [0.1, 0.15) is 103 Å². The molecule has 1 aromatic rings. The van der Waals surface area contributed by atoms with E-state index in [-0.39, 0.29) is 45.6 Å². The molecule has 0 unspecified atom stereocenters. The highest BCUT2D eigenvalue weighted by Crippen LogP contribution is 2.69. The molecule has 0 aromatic heterocycles. The lowest BCUT2D eigenvalue weighted by Gasteiger charge is -2.62. The highest BCUT2D eigenvalue weighted by molar-refractivity contribution is 9.10. The first-order valence-corrected chi connectivity index (χ1v) is 16.4. The van der Waals surface area contributed by atoms with Crippen molar-refractivity contribution in [2.24, 2.45) is 46.3 Å². The molecule has 5 nitrogen and oxygen atoms in total. The Bertz CT molecular complexity index is 1100. The number of benzene rings is 1. The lowest BCUT2D eigenvalue weighted by Crippen LogP contribution is -2.59. The van der Waals surface area contributed by atoms with Gasteiger partial charge in [-0.1, -0.05) is 67.0 Å². The summed E-state index contributed by atoms with van der Waals surface area (Å²) >= 11 is 3.74. The molecular formula is C34H47BrO5. The van der Waals surface area contributed by atoms with Crippen LogP contribution >= 0.6 is 15.9 Å². The van der Waals surface area contributed by atoms with Crippen LogP contribution in [-0.4, -0.2) is 34.8 Å². The SMILES string of the molecule is CC(=O)O[C@H]1CC[C@@]2(C)[C@@H](CC[C@@H]3[C@@H]2C[C@@H](OC(C)=O)[C@]2(C)[C@@H]([C@@H](C)C[C@@H](Br)C(=O)c4ccccc4)CC[C@@H]32)C1. The van der Waals surface area contributed by atoms with E-state index in [4.69, 9.17) is 9.47 Å². The fourth-order valence-electron chi connectivity index (χ4n) is 10.2. The van der Waals surface area contributed by atoms with Crippen molar-refractivity contribution in [3.63, 3.8) is 0 Å². The van der Waals surface area contributed by atoms with E-state index in [1.54, 1.807) is 6.92 Å². The van der Waals surface area contributed by atoms with Gasteiger partial charge < -0.3 is 9.47 Å². The van der Waals surface area contributed by atoms with Crippen molar-refractivity contribution in [2.45, 2.75) is 109 Å². The van der Waals surface area contributed by atoms with Crippen LogP contribution in [-0.2, 0) is 19.1 Å². The molecule has 4 saturated carbocycles. The zero-order chi connectivity index (χ0) is 28.8. The minimum Gasteiger partial charge on any atom is -0.463 e. The lowest BCUT2D eigenvalue weighted by atomic mass is 9.43. The summed E-state index contributed by atoms with van der Waals surface area (Å²) in [6, 6.07) is 9.55. The highest BCUT2D eigenvalue weighted by Gasteiger charge is 2.65. The molecule has 0 aliphatic heterocycles. The number of ether oxygens (including phenoxy) is 2. The number of hydrogen-bond acceptors (Lipinski definition) is 5. The first kappa shape index (κ1) is 29.8. The van der Waals surface area contributed by atoms with Crippen LogP contribution in [0, 0.1) is 46.3 Å². The molecule has 0 bridgehead atoms. The van der Waals surface area contributed by atoms with E-state index in [1.165, 1.54) is 26.2 Å². The molecule has 1 aromatic carbocycles. The summed E-state index contributed by atoms with van der Waals surface area (Å²) in [6.45, 7) is 10.3. The molecule has 0 amide bonds. The minimum atomic E-state index is -0.224. The summed E-state index contributed by atoms with van der Waals surface area (Å²) in [4.78, 5) is 37.1. The molecule has 4 fully saturated rings. The van der Waals surface area contributed by atoms with E-state index in [0.717, 1.165) is 44.1 Å². The van der Waals surface area contributed by atoms with E-state index in [9.17, 15) is 14.4 Å². The molecule has 0 saturated heterocycles. The summed E-state index contributed by atoms with van der Waals surface area (Å²) in [5.74, 6) is 2.72. The maximum Gasteiger partial charge on any atom is 0.302 e. The second-order valence-electron chi connectivity index (χ2n) is 14.0. The van der Waals surface area contributed by atoms with E-state index < -0.39 is 0 Å². The zero-order valence-electron chi connectivity index (χ0n) is 24.9. The number of ketones is 1. The summed E-state index contributed by atoms with van der Waals surface area (Å²) in [5, 5.41) is 0. The van der Waals surface area contributed by atoms with Crippen LogP contribution in [0.3, 0.4) is 0 Å². The Morgan fingerprint density at radius 3 is 2.30 bits per heavy atom. The second-order valence-corrected chi connectivity index (χ2v) is 15.1. The highest BCUT2D eigenvalue weighted by atomic mass is 79.9. The molecule has 0 heterocycles. The molecule has 11 atom stereocenters. The lowest BCUT2D eigenvalue weighted by molar-refractivity contribution is -0.197. The van der Waals surface area contributed by atoms with Crippen LogP contribution in [0.5, 0.6) is 0 Å². The monoisotopic (exact) mass is 614 g/mol. The molecule has 4 aliphatic carbocycles.